The molecule has 0 atom stereocenters. The second-order valence-corrected chi connectivity index (χ2v) is 5.11. The molecule has 0 fully saturated rings. The summed E-state index contributed by atoms with van der Waals surface area (Å²) in [6, 6.07) is 6.35. The highest BCUT2D eigenvalue weighted by Crippen LogP contribution is 2.27. The predicted molar refractivity (Wildman–Crippen MR) is 79.2 cm³/mol. The first-order chi connectivity index (χ1) is 10.1. The third-order valence-electron chi connectivity index (χ3n) is 2.75. The number of nitrogens with zero attached hydrogens (tertiary/aromatic N) is 2. The van der Waals surface area contributed by atoms with Crippen LogP contribution < -0.4 is 0 Å². The molecule has 0 aliphatic carbocycles. The van der Waals surface area contributed by atoms with Crippen LogP contribution >= 0.6 is 11.3 Å². The largest absolute Gasteiger partial charge is 0.466 e. The monoisotopic (exact) mass is 306 g/mol. The number of esters is 1. The quantitative estimate of drug-likeness (QED) is 0.465. The van der Waals surface area contributed by atoms with E-state index in [1.54, 1.807) is 19.1 Å². The molecule has 0 N–H and O–H groups in total. The first kappa shape index (κ1) is 15.1. The maximum Gasteiger partial charge on any atom is 0.306 e. The molecular weight excluding hydrogens is 292 g/mol. The van der Waals surface area contributed by atoms with E-state index in [9.17, 15) is 14.9 Å². The van der Waals surface area contributed by atoms with Gasteiger partial charge in [0.05, 0.1) is 23.6 Å². The van der Waals surface area contributed by atoms with E-state index in [4.69, 9.17) is 4.74 Å². The molecule has 1 aromatic heterocycles. The Morgan fingerprint density at radius 3 is 3.00 bits per heavy atom. The van der Waals surface area contributed by atoms with Gasteiger partial charge in [0.2, 0.25) is 0 Å². The molecule has 0 spiro atoms. The first-order valence-corrected chi connectivity index (χ1v) is 7.33. The van der Waals surface area contributed by atoms with Gasteiger partial charge in [0, 0.05) is 29.5 Å². The van der Waals surface area contributed by atoms with Crippen molar-refractivity contribution in [3.63, 3.8) is 0 Å². The van der Waals surface area contributed by atoms with Crippen LogP contribution in [0.5, 0.6) is 0 Å². The highest BCUT2D eigenvalue weighted by atomic mass is 32.1. The van der Waals surface area contributed by atoms with Gasteiger partial charge in [-0.25, -0.2) is 4.98 Å². The lowest BCUT2D eigenvalue weighted by molar-refractivity contribution is -0.384. The number of aryl methyl sites for hydroxylation is 1. The van der Waals surface area contributed by atoms with E-state index in [-0.39, 0.29) is 18.1 Å². The Balaban J connectivity index is 2.07. The SMILES string of the molecule is CCOC(=O)CCc1csc(-c2cccc([N+](=O)[O-])c2)n1. The number of nitro groups is 1. The van der Waals surface area contributed by atoms with Gasteiger partial charge in [0.15, 0.2) is 0 Å². The van der Waals surface area contributed by atoms with Gasteiger partial charge in [0.1, 0.15) is 5.01 Å². The minimum atomic E-state index is -0.432. The van der Waals surface area contributed by atoms with Crippen LogP contribution in [0.3, 0.4) is 0 Å². The van der Waals surface area contributed by atoms with Crippen molar-refractivity contribution in [1.29, 1.82) is 0 Å². The summed E-state index contributed by atoms with van der Waals surface area (Å²) in [6.07, 6.45) is 0.788. The number of carbonyl (C=O) groups excluding carboxylic acids is 1. The van der Waals surface area contributed by atoms with Crippen LogP contribution in [0, 0.1) is 10.1 Å². The molecule has 0 saturated heterocycles. The summed E-state index contributed by atoms with van der Waals surface area (Å²) >= 11 is 1.40. The van der Waals surface area contributed by atoms with Gasteiger partial charge in [-0.3, -0.25) is 14.9 Å². The van der Waals surface area contributed by atoms with Crippen molar-refractivity contribution in [2.45, 2.75) is 19.8 Å². The molecule has 1 aromatic carbocycles. The second kappa shape index (κ2) is 6.94. The topological polar surface area (TPSA) is 82.3 Å². The van der Waals surface area contributed by atoms with Crippen LogP contribution in [0.15, 0.2) is 29.6 Å². The Morgan fingerprint density at radius 1 is 1.48 bits per heavy atom. The van der Waals surface area contributed by atoms with Gasteiger partial charge in [-0.1, -0.05) is 12.1 Å². The smallest absolute Gasteiger partial charge is 0.306 e. The van der Waals surface area contributed by atoms with Crippen molar-refractivity contribution in [2.24, 2.45) is 0 Å². The zero-order valence-corrected chi connectivity index (χ0v) is 12.3. The van der Waals surface area contributed by atoms with Crippen LogP contribution in [0.2, 0.25) is 0 Å². The number of rotatable bonds is 6. The van der Waals surface area contributed by atoms with Gasteiger partial charge in [-0.05, 0) is 6.92 Å². The maximum atomic E-state index is 11.3. The Labute approximate surface area is 125 Å². The van der Waals surface area contributed by atoms with Crippen LogP contribution in [0.25, 0.3) is 10.6 Å². The van der Waals surface area contributed by atoms with E-state index >= 15 is 0 Å². The van der Waals surface area contributed by atoms with E-state index in [0.29, 0.717) is 23.6 Å². The summed E-state index contributed by atoms with van der Waals surface area (Å²) in [4.78, 5) is 26.0. The van der Waals surface area contributed by atoms with E-state index in [1.807, 2.05) is 5.38 Å². The lowest BCUT2D eigenvalue weighted by Gasteiger charge is -1.99. The number of non-ortho nitro benzene ring substituents is 1. The lowest BCUT2D eigenvalue weighted by atomic mass is 10.2. The van der Waals surface area contributed by atoms with Gasteiger partial charge in [-0.15, -0.1) is 11.3 Å². The maximum absolute atomic E-state index is 11.3. The van der Waals surface area contributed by atoms with Crippen molar-refractivity contribution in [2.75, 3.05) is 6.61 Å². The molecule has 7 heteroatoms. The third kappa shape index (κ3) is 4.09. The molecule has 2 aromatic rings. The molecule has 110 valence electrons. The molecule has 0 aliphatic heterocycles. The number of carbonyl (C=O) groups is 1. The summed E-state index contributed by atoms with van der Waals surface area (Å²) in [5, 5.41) is 13.3. The fraction of sp³-hybridized carbons (Fsp3) is 0.286. The number of thiazole rings is 1. The molecule has 0 amide bonds. The van der Waals surface area contributed by atoms with E-state index in [2.05, 4.69) is 4.98 Å². The number of benzene rings is 1. The Kier molecular flexibility index (Phi) is 4.99. The highest BCUT2D eigenvalue weighted by Gasteiger charge is 2.11. The molecule has 2 rings (SSSR count). The van der Waals surface area contributed by atoms with Crippen molar-refractivity contribution in [1.82, 2.24) is 4.98 Å². The minimum Gasteiger partial charge on any atom is -0.466 e. The van der Waals surface area contributed by atoms with E-state index in [1.165, 1.54) is 23.5 Å². The fourth-order valence-electron chi connectivity index (χ4n) is 1.77. The number of hydrogen-bond acceptors (Lipinski definition) is 6. The van der Waals surface area contributed by atoms with Crippen LogP contribution in [-0.2, 0) is 16.0 Å². The van der Waals surface area contributed by atoms with Gasteiger partial charge in [0.25, 0.3) is 5.69 Å². The number of ether oxygens (including phenoxy) is 1. The number of nitro benzene ring substituents is 1. The average molecular weight is 306 g/mol. The first-order valence-electron chi connectivity index (χ1n) is 6.45. The van der Waals surface area contributed by atoms with Crippen LogP contribution in [-0.4, -0.2) is 22.5 Å². The van der Waals surface area contributed by atoms with Gasteiger partial charge in [-0.2, -0.15) is 0 Å². The van der Waals surface area contributed by atoms with Crippen LogP contribution in [0.1, 0.15) is 19.0 Å². The molecule has 0 aliphatic rings. The third-order valence-corrected chi connectivity index (χ3v) is 3.69. The average Bonchev–Trinajstić information content (AvgIpc) is 2.94. The van der Waals surface area contributed by atoms with E-state index in [0.717, 1.165) is 5.69 Å². The molecule has 6 nitrogen and oxygen atoms in total. The predicted octanol–water partition coefficient (Wildman–Crippen LogP) is 3.21. The van der Waals surface area contributed by atoms with E-state index < -0.39 is 4.92 Å². The number of aromatic nitrogens is 1. The van der Waals surface area contributed by atoms with Gasteiger partial charge < -0.3 is 4.74 Å². The summed E-state index contributed by atoms with van der Waals surface area (Å²) in [5.74, 6) is -0.248. The summed E-state index contributed by atoms with van der Waals surface area (Å²) in [5.41, 5.74) is 1.53. The van der Waals surface area contributed by atoms with Crippen LogP contribution in [0.4, 0.5) is 5.69 Å². The highest BCUT2D eigenvalue weighted by molar-refractivity contribution is 7.13. The van der Waals surface area contributed by atoms with Crippen molar-refractivity contribution in [3.8, 4) is 10.6 Å². The zero-order chi connectivity index (χ0) is 15.2. The molecule has 0 saturated carbocycles. The van der Waals surface area contributed by atoms with Crippen molar-refractivity contribution in [3.05, 3.63) is 45.5 Å². The number of hydrogen-bond donors (Lipinski definition) is 0. The molecule has 21 heavy (non-hydrogen) atoms. The summed E-state index contributed by atoms with van der Waals surface area (Å²) in [6.45, 7) is 2.13. The van der Waals surface area contributed by atoms with Crippen molar-refractivity contribution >= 4 is 23.0 Å². The van der Waals surface area contributed by atoms with Gasteiger partial charge >= 0.3 is 5.97 Å². The molecule has 1 heterocycles. The Bertz CT molecular complexity index is 654. The molecular formula is C14H14N2O4S. The summed E-state index contributed by atoms with van der Waals surface area (Å²) in [7, 11) is 0. The summed E-state index contributed by atoms with van der Waals surface area (Å²) < 4.78 is 4.86. The minimum absolute atomic E-state index is 0.0378. The second-order valence-electron chi connectivity index (χ2n) is 4.26. The Morgan fingerprint density at radius 2 is 2.29 bits per heavy atom. The molecule has 0 bridgehead atoms. The molecule has 0 unspecified atom stereocenters. The van der Waals surface area contributed by atoms with Crippen molar-refractivity contribution < 1.29 is 14.5 Å². The molecule has 0 radical (unpaired) electrons. The zero-order valence-electron chi connectivity index (χ0n) is 11.4. The lowest BCUT2D eigenvalue weighted by Crippen LogP contribution is -2.05. The standard InChI is InChI=1S/C14H14N2O4S/c1-2-20-13(17)7-6-11-9-21-14(15-11)10-4-3-5-12(8-10)16(18)19/h3-5,8-9H,2,6-7H2,1H3. The Hall–Kier alpha value is -2.28. The normalized spacial score (nSPS) is 10.3. The fourth-order valence-corrected chi connectivity index (χ4v) is 2.62.